The minimum atomic E-state index is -0.982. The molecule has 0 spiro atoms. The molecule has 2 aromatic carbocycles. The summed E-state index contributed by atoms with van der Waals surface area (Å²) in [6.45, 7) is 0.297. The number of carbonyl (C=O) groups is 2. The number of methoxy groups -OCH3 is 1. The van der Waals surface area contributed by atoms with Gasteiger partial charge in [0.1, 0.15) is 5.75 Å². The van der Waals surface area contributed by atoms with Gasteiger partial charge >= 0.3 is 5.97 Å². The lowest BCUT2D eigenvalue weighted by Crippen LogP contribution is -2.22. The molecule has 22 heavy (non-hydrogen) atoms. The van der Waals surface area contributed by atoms with E-state index in [4.69, 9.17) is 15.6 Å². The lowest BCUT2D eigenvalue weighted by Gasteiger charge is -2.09. The average Bonchev–Trinajstić information content (AvgIpc) is 2.53. The number of amides is 1. The molecule has 0 aromatic heterocycles. The van der Waals surface area contributed by atoms with Crippen LogP contribution in [0.25, 0.3) is 0 Å². The van der Waals surface area contributed by atoms with Crippen LogP contribution in [0.15, 0.2) is 42.5 Å². The van der Waals surface area contributed by atoms with Gasteiger partial charge in [0.2, 0.25) is 0 Å². The van der Waals surface area contributed by atoms with Crippen molar-refractivity contribution in [1.29, 1.82) is 0 Å². The van der Waals surface area contributed by atoms with Crippen LogP contribution in [0.1, 0.15) is 26.3 Å². The summed E-state index contributed by atoms with van der Waals surface area (Å²) in [5.74, 6) is -0.802. The summed E-state index contributed by atoms with van der Waals surface area (Å²) >= 11 is 0. The van der Waals surface area contributed by atoms with Crippen molar-refractivity contribution in [1.82, 2.24) is 5.32 Å². The van der Waals surface area contributed by atoms with Gasteiger partial charge in [-0.2, -0.15) is 0 Å². The van der Waals surface area contributed by atoms with Gasteiger partial charge in [-0.3, -0.25) is 4.79 Å². The van der Waals surface area contributed by atoms with Crippen LogP contribution in [0.2, 0.25) is 0 Å². The predicted molar refractivity (Wildman–Crippen MR) is 82.0 cm³/mol. The lowest BCUT2D eigenvalue weighted by molar-refractivity contribution is 0.0696. The molecule has 0 aliphatic heterocycles. The van der Waals surface area contributed by atoms with Gasteiger partial charge in [0.05, 0.1) is 18.4 Å². The van der Waals surface area contributed by atoms with Crippen LogP contribution in [-0.2, 0) is 6.54 Å². The zero-order valence-corrected chi connectivity index (χ0v) is 12.0. The molecule has 6 heteroatoms. The summed E-state index contributed by atoms with van der Waals surface area (Å²) in [7, 11) is 1.48. The number of nitrogens with one attached hydrogen (secondary N) is 1. The highest BCUT2D eigenvalue weighted by Crippen LogP contribution is 2.22. The van der Waals surface area contributed by atoms with Gasteiger partial charge in [-0.05, 0) is 35.9 Å². The van der Waals surface area contributed by atoms with Gasteiger partial charge < -0.3 is 20.9 Å². The van der Waals surface area contributed by atoms with Gasteiger partial charge in [-0.25, -0.2) is 4.79 Å². The van der Waals surface area contributed by atoms with Crippen LogP contribution >= 0.6 is 0 Å². The monoisotopic (exact) mass is 300 g/mol. The van der Waals surface area contributed by atoms with Crippen molar-refractivity contribution in [3.8, 4) is 5.75 Å². The zero-order valence-electron chi connectivity index (χ0n) is 12.0. The van der Waals surface area contributed by atoms with Gasteiger partial charge in [0.15, 0.2) is 0 Å². The van der Waals surface area contributed by atoms with E-state index in [-0.39, 0.29) is 11.5 Å². The van der Waals surface area contributed by atoms with Crippen LogP contribution in [0.4, 0.5) is 5.69 Å². The van der Waals surface area contributed by atoms with E-state index in [2.05, 4.69) is 5.32 Å². The molecule has 114 valence electrons. The maximum Gasteiger partial charge on any atom is 0.335 e. The van der Waals surface area contributed by atoms with Crippen LogP contribution in [-0.4, -0.2) is 24.1 Å². The molecule has 0 heterocycles. The molecule has 2 aromatic rings. The Balaban J connectivity index is 2.02. The molecule has 0 saturated heterocycles. The molecule has 1 amide bonds. The van der Waals surface area contributed by atoms with E-state index in [1.54, 1.807) is 30.3 Å². The summed E-state index contributed by atoms with van der Waals surface area (Å²) in [6, 6.07) is 11.1. The van der Waals surface area contributed by atoms with E-state index in [0.717, 1.165) is 5.56 Å². The Kier molecular flexibility index (Phi) is 4.63. The molecular formula is C16H16N2O4. The third kappa shape index (κ3) is 3.54. The summed E-state index contributed by atoms with van der Waals surface area (Å²) in [6.07, 6.45) is 0. The topological polar surface area (TPSA) is 102 Å². The number of carboxylic acids is 1. The number of aromatic carboxylic acids is 1. The molecule has 0 atom stereocenters. The number of hydrogen-bond acceptors (Lipinski definition) is 4. The fourth-order valence-electron chi connectivity index (χ4n) is 1.90. The predicted octanol–water partition coefficient (Wildman–Crippen LogP) is 1.91. The molecule has 2 rings (SSSR count). The van der Waals surface area contributed by atoms with E-state index in [1.165, 1.54) is 19.2 Å². The first-order chi connectivity index (χ1) is 10.5. The van der Waals surface area contributed by atoms with E-state index in [1.807, 2.05) is 0 Å². The smallest absolute Gasteiger partial charge is 0.335 e. The van der Waals surface area contributed by atoms with Crippen molar-refractivity contribution in [2.75, 3.05) is 12.8 Å². The molecule has 0 fully saturated rings. The van der Waals surface area contributed by atoms with Crippen LogP contribution in [0, 0.1) is 0 Å². The largest absolute Gasteiger partial charge is 0.495 e. The van der Waals surface area contributed by atoms with Crippen molar-refractivity contribution < 1.29 is 19.4 Å². The summed E-state index contributed by atoms with van der Waals surface area (Å²) in [5, 5.41) is 11.6. The molecule has 0 aliphatic rings. The summed E-state index contributed by atoms with van der Waals surface area (Å²) in [4.78, 5) is 22.8. The van der Waals surface area contributed by atoms with Gasteiger partial charge in [-0.15, -0.1) is 0 Å². The summed E-state index contributed by atoms with van der Waals surface area (Å²) in [5.41, 5.74) is 7.61. The van der Waals surface area contributed by atoms with Crippen LogP contribution < -0.4 is 15.8 Å². The molecule has 6 nitrogen and oxygen atoms in total. The van der Waals surface area contributed by atoms with Gasteiger partial charge in [-0.1, -0.05) is 12.1 Å². The molecule has 0 saturated carbocycles. The summed E-state index contributed by atoms with van der Waals surface area (Å²) < 4.78 is 5.07. The average molecular weight is 300 g/mol. The molecule has 4 N–H and O–H groups in total. The normalized spacial score (nSPS) is 10.0. The maximum atomic E-state index is 12.1. The first kappa shape index (κ1) is 15.4. The molecule has 0 aliphatic carbocycles. The standard InChI is InChI=1S/C16H16N2O4/c1-22-14-8-12(6-7-13(14)17)15(19)18-9-10-2-4-11(5-3-10)16(20)21/h2-8H,9,17H2,1H3,(H,18,19)(H,20,21). The SMILES string of the molecule is COc1cc(C(=O)NCc2ccc(C(=O)O)cc2)ccc1N. The Morgan fingerprint density at radius 2 is 1.77 bits per heavy atom. The van der Waals surface area contributed by atoms with E-state index >= 15 is 0 Å². The van der Waals surface area contributed by atoms with Crippen molar-refractivity contribution >= 4 is 17.6 Å². The number of benzene rings is 2. The second kappa shape index (κ2) is 6.62. The number of rotatable bonds is 5. The first-order valence-electron chi connectivity index (χ1n) is 6.55. The number of nitrogens with two attached hydrogens (primary N) is 1. The van der Waals surface area contributed by atoms with Crippen molar-refractivity contribution in [2.24, 2.45) is 0 Å². The Morgan fingerprint density at radius 1 is 1.14 bits per heavy atom. The minimum absolute atomic E-state index is 0.207. The highest BCUT2D eigenvalue weighted by molar-refractivity contribution is 5.95. The number of anilines is 1. The fourth-order valence-corrected chi connectivity index (χ4v) is 1.90. The highest BCUT2D eigenvalue weighted by Gasteiger charge is 2.09. The van der Waals surface area contributed by atoms with Crippen LogP contribution in [0.5, 0.6) is 5.75 Å². The Morgan fingerprint density at radius 3 is 2.36 bits per heavy atom. The molecule has 0 unspecified atom stereocenters. The Bertz CT molecular complexity index is 696. The molecule has 0 radical (unpaired) electrons. The number of carbonyl (C=O) groups excluding carboxylic acids is 1. The van der Waals surface area contributed by atoms with Gasteiger partial charge in [0, 0.05) is 12.1 Å². The van der Waals surface area contributed by atoms with E-state index in [0.29, 0.717) is 23.5 Å². The van der Waals surface area contributed by atoms with Crippen LogP contribution in [0.3, 0.4) is 0 Å². The molecule has 0 bridgehead atoms. The van der Waals surface area contributed by atoms with Crippen molar-refractivity contribution in [2.45, 2.75) is 6.54 Å². The zero-order chi connectivity index (χ0) is 16.1. The molecular weight excluding hydrogens is 284 g/mol. The van der Waals surface area contributed by atoms with Gasteiger partial charge in [0.25, 0.3) is 5.91 Å². The fraction of sp³-hybridized carbons (Fsp3) is 0.125. The maximum absolute atomic E-state index is 12.1. The second-order valence-electron chi connectivity index (χ2n) is 4.64. The number of nitrogen functional groups attached to an aromatic ring is 1. The number of ether oxygens (including phenoxy) is 1. The highest BCUT2D eigenvalue weighted by atomic mass is 16.5. The minimum Gasteiger partial charge on any atom is -0.495 e. The Hall–Kier alpha value is -3.02. The second-order valence-corrected chi connectivity index (χ2v) is 4.64. The lowest BCUT2D eigenvalue weighted by atomic mass is 10.1. The number of carboxylic acid groups (broad SMARTS) is 1. The van der Waals surface area contributed by atoms with E-state index in [9.17, 15) is 9.59 Å². The Labute approximate surface area is 127 Å². The quantitative estimate of drug-likeness (QED) is 0.732. The van der Waals surface area contributed by atoms with E-state index < -0.39 is 5.97 Å². The van der Waals surface area contributed by atoms with Crippen molar-refractivity contribution in [3.05, 3.63) is 59.2 Å². The van der Waals surface area contributed by atoms with Crippen molar-refractivity contribution in [3.63, 3.8) is 0 Å². The third-order valence-corrected chi connectivity index (χ3v) is 3.15. The third-order valence-electron chi connectivity index (χ3n) is 3.15. The first-order valence-corrected chi connectivity index (χ1v) is 6.55. The number of hydrogen-bond donors (Lipinski definition) is 3.